The summed E-state index contributed by atoms with van der Waals surface area (Å²) in [5, 5.41) is 0. The van der Waals surface area contributed by atoms with Crippen molar-refractivity contribution in [2.75, 3.05) is 11.5 Å². The summed E-state index contributed by atoms with van der Waals surface area (Å²) in [6, 6.07) is 4.61. The third-order valence-electron chi connectivity index (χ3n) is 3.21. The van der Waals surface area contributed by atoms with Crippen LogP contribution in [0, 0.1) is 0 Å². The van der Waals surface area contributed by atoms with Gasteiger partial charge in [0.25, 0.3) is 0 Å². The molecule has 0 bridgehead atoms. The number of carbonyl (C=O) groups excluding carboxylic acids is 1. The van der Waals surface area contributed by atoms with Crippen molar-refractivity contribution in [3.63, 3.8) is 0 Å². The quantitative estimate of drug-likeness (QED) is 0.487. The van der Waals surface area contributed by atoms with E-state index in [2.05, 4.69) is 0 Å². The van der Waals surface area contributed by atoms with Crippen LogP contribution >= 0.6 is 0 Å². The number of benzene rings is 2. The van der Waals surface area contributed by atoms with Crippen LogP contribution in [-0.2, 0) is 12.4 Å². The molecule has 0 spiro atoms. The van der Waals surface area contributed by atoms with Crippen LogP contribution in [0.25, 0.3) is 0 Å². The molecule has 0 aromatic heterocycles. The molecule has 0 atom stereocenters. The van der Waals surface area contributed by atoms with E-state index in [1.807, 2.05) is 0 Å². The van der Waals surface area contributed by atoms with Crippen molar-refractivity contribution in [3.05, 3.63) is 58.7 Å². The van der Waals surface area contributed by atoms with Gasteiger partial charge < -0.3 is 11.5 Å². The Morgan fingerprint density at radius 1 is 0.792 bits per heavy atom. The van der Waals surface area contributed by atoms with Crippen molar-refractivity contribution in [2.45, 2.75) is 12.4 Å². The molecule has 0 radical (unpaired) electrons. The topological polar surface area (TPSA) is 69.1 Å². The fourth-order valence-electron chi connectivity index (χ4n) is 2.09. The average molecular weight is 348 g/mol. The Bertz CT molecular complexity index is 796. The lowest BCUT2D eigenvalue weighted by Crippen LogP contribution is -2.16. The van der Waals surface area contributed by atoms with Crippen molar-refractivity contribution < 1.29 is 31.1 Å². The first-order valence-electron chi connectivity index (χ1n) is 6.39. The summed E-state index contributed by atoms with van der Waals surface area (Å²) in [6.07, 6.45) is -9.73. The molecule has 2 rings (SSSR count). The maximum absolute atomic E-state index is 13.0. The van der Waals surface area contributed by atoms with Gasteiger partial charge in [0.05, 0.1) is 11.1 Å². The molecule has 0 fully saturated rings. The van der Waals surface area contributed by atoms with Gasteiger partial charge in [0, 0.05) is 22.5 Å². The van der Waals surface area contributed by atoms with Crippen LogP contribution in [0.3, 0.4) is 0 Å². The van der Waals surface area contributed by atoms with E-state index in [1.54, 1.807) is 0 Å². The van der Waals surface area contributed by atoms with Gasteiger partial charge in [-0.25, -0.2) is 0 Å². The van der Waals surface area contributed by atoms with Crippen LogP contribution in [0.5, 0.6) is 0 Å². The predicted octanol–water partition coefficient (Wildman–Crippen LogP) is 4.12. The van der Waals surface area contributed by atoms with E-state index in [0.717, 1.165) is 24.3 Å². The first-order valence-corrected chi connectivity index (χ1v) is 6.39. The zero-order chi connectivity index (χ0) is 18.3. The van der Waals surface area contributed by atoms with Crippen LogP contribution in [-0.4, -0.2) is 5.78 Å². The Balaban J connectivity index is 2.59. The molecule has 0 aliphatic heterocycles. The van der Waals surface area contributed by atoms with Crippen molar-refractivity contribution >= 4 is 17.2 Å². The Labute approximate surface area is 131 Å². The number of hydrogen-bond donors (Lipinski definition) is 2. The summed E-state index contributed by atoms with van der Waals surface area (Å²) >= 11 is 0. The van der Waals surface area contributed by atoms with Crippen LogP contribution in [0.15, 0.2) is 36.4 Å². The predicted molar refractivity (Wildman–Crippen MR) is 75.1 cm³/mol. The lowest BCUT2D eigenvalue weighted by Gasteiger charge is -2.14. The van der Waals surface area contributed by atoms with E-state index in [9.17, 15) is 31.1 Å². The molecule has 24 heavy (non-hydrogen) atoms. The molecule has 0 saturated heterocycles. The molecule has 2 aromatic rings. The van der Waals surface area contributed by atoms with Crippen molar-refractivity contribution in [1.29, 1.82) is 0 Å². The van der Waals surface area contributed by atoms with Gasteiger partial charge in [0.15, 0.2) is 5.78 Å². The third-order valence-corrected chi connectivity index (χ3v) is 3.21. The molecular weight excluding hydrogens is 338 g/mol. The first kappa shape index (κ1) is 17.6. The number of anilines is 2. The minimum atomic E-state index is -4.89. The normalized spacial score (nSPS) is 12.2. The third kappa shape index (κ3) is 3.44. The van der Waals surface area contributed by atoms with E-state index < -0.39 is 46.1 Å². The summed E-state index contributed by atoms with van der Waals surface area (Å²) in [5.41, 5.74) is 5.66. The van der Waals surface area contributed by atoms with Gasteiger partial charge in [-0.3, -0.25) is 4.79 Å². The summed E-state index contributed by atoms with van der Waals surface area (Å²) in [4.78, 5) is 12.3. The first-order chi connectivity index (χ1) is 10.9. The number of hydrogen-bond acceptors (Lipinski definition) is 3. The molecular formula is C15H10F6N2O. The fraction of sp³-hybridized carbons (Fsp3) is 0.133. The number of nitrogen functional groups attached to an aromatic ring is 2. The van der Waals surface area contributed by atoms with Gasteiger partial charge in [0.2, 0.25) is 0 Å². The van der Waals surface area contributed by atoms with Gasteiger partial charge in [-0.05, 0) is 36.4 Å². The second kappa shape index (κ2) is 5.73. The minimum Gasteiger partial charge on any atom is -0.399 e. The van der Waals surface area contributed by atoms with Gasteiger partial charge >= 0.3 is 12.4 Å². The summed E-state index contributed by atoms with van der Waals surface area (Å²) in [7, 11) is 0. The van der Waals surface area contributed by atoms with Gasteiger partial charge in [-0.2, -0.15) is 26.3 Å². The molecule has 0 unspecified atom stereocenters. The Morgan fingerprint density at radius 2 is 1.38 bits per heavy atom. The van der Waals surface area contributed by atoms with Gasteiger partial charge in [0.1, 0.15) is 0 Å². The van der Waals surface area contributed by atoms with E-state index in [0.29, 0.717) is 12.1 Å². The molecule has 0 heterocycles. The molecule has 9 heteroatoms. The van der Waals surface area contributed by atoms with Crippen LogP contribution in [0.2, 0.25) is 0 Å². The van der Waals surface area contributed by atoms with E-state index in [1.165, 1.54) is 0 Å². The van der Waals surface area contributed by atoms with Crippen LogP contribution in [0.1, 0.15) is 27.0 Å². The van der Waals surface area contributed by atoms with Gasteiger partial charge in [-0.1, -0.05) is 0 Å². The summed E-state index contributed by atoms with van der Waals surface area (Å²) < 4.78 is 77.6. The van der Waals surface area contributed by atoms with Crippen LogP contribution < -0.4 is 11.5 Å². The summed E-state index contributed by atoms with van der Waals surface area (Å²) in [6.45, 7) is 0. The smallest absolute Gasteiger partial charge is 0.399 e. The highest BCUT2D eigenvalue weighted by molar-refractivity contribution is 6.10. The molecule has 0 aliphatic rings. The average Bonchev–Trinajstić information content (AvgIpc) is 2.45. The lowest BCUT2D eigenvalue weighted by atomic mass is 9.96. The zero-order valence-corrected chi connectivity index (χ0v) is 11.8. The number of ketones is 1. The molecule has 3 nitrogen and oxygen atoms in total. The molecule has 2 aromatic carbocycles. The zero-order valence-electron chi connectivity index (χ0n) is 11.8. The molecule has 0 aliphatic carbocycles. The monoisotopic (exact) mass is 348 g/mol. The number of halogens is 6. The molecule has 4 N–H and O–H groups in total. The molecule has 128 valence electrons. The standard InChI is InChI=1S/C15H10F6N2O/c16-14(17,18)10-6-8(22)2-3-9(10)13(24)7-1-4-12(23)11(5-7)15(19,20)21/h1-6H,22-23H2. The fourth-order valence-corrected chi connectivity index (χ4v) is 2.09. The molecule has 0 amide bonds. The second-order valence-electron chi connectivity index (χ2n) is 4.93. The lowest BCUT2D eigenvalue weighted by molar-refractivity contribution is -0.138. The Kier molecular flexibility index (Phi) is 4.21. The van der Waals surface area contributed by atoms with Crippen molar-refractivity contribution in [1.82, 2.24) is 0 Å². The van der Waals surface area contributed by atoms with Crippen molar-refractivity contribution in [2.24, 2.45) is 0 Å². The number of nitrogens with two attached hydrogens (primary N) is 2. The molecule has 0 saturated carbocycles. The number of alkyl halides is 6. The minimum absolute atomic E-state index is 0.229. The van der Waals surface area contributed by atoms with Gasteiger partial charge in [-0.15, -0.1) is 0 Å². The Hall–Kier alpha value is -2.71. The number of rotatable bonds is 2. The van der Waals surface area contributed by atoms with E-state index in [-0.39, 0.29) is 5.69 Å². The second-order valence-corrected chi connectivity index (χ2v) is 4.93. The summed E-state index contributed by atoms with van der Waals surface area (Å²) in [5.74, 6) is -1.21. The Morgan fingerprint density at radius 3 is 1.92 bits per heavy atom. The number of carbonyl (C=O) groups is 1. The van der Waals surface area contributed by atoms with E-state index in [4.69, 9.17) is 11.5 Å². The van der Waals surface area contributed by atoms with Crippen LogP contribution in [0.4, 0.5) is 37.7 Å². The highest BCUT2D eigenvalue weighted by Crippen LogP contribution is 2.37. The highest BCUT2D eigenvalue weighted by Gasteiger charge is 2.37. The maximum Gasteiger partial charge on any atom is 0.418 e. The van der Waals surface area contributed by atoms with Crippen molar-refractivity contribution in [3.8, 4) is 0 Å². The maximum atomic E-state index is 13.0. The highest BCUT2D eigenvalue weighted by atomic mass is 19.4. The SMILES string of the molecule is Nc1ccc(C(=O)c2ccc(N)c(C(F)(F)F)c2)c(C(F)(F)F)c1. The van der Waals surface area contributed by atoms with E-state index >= 15 is 0 Å². The largest absolute Gasteiger partial charge is 0.418 e.